The van der Waals surface area contributed by atoms with Crippen LogP contribution in [0.2, 0.25) is 0 Å². The van der Waals surface area contributed by atoms with Crippen LogP contribution in [0.15, 0.2) is 42.5 Å². The molecule has 0 fully saturated rings. The van der Waals surface area contributed by atoms with Crippen LogP contribution in [0.3, 0.4) is 0 Å². The van der Waals surface area contributed by atoms with Crippen LogP contribution < -0.4 is 14.8 Å². The molecule has 0 saturated heterocycles. The molecule has 3 rings (SSSR count). The summed E-state index contributed by atoms with van der Waals surface area (Å²) >= 11 is 0. The minimum absolute atomic E-state index is 0.0423. The van der Waals surface area contributed by atoms with Crippen LogP contribution in [0, 0.1) is 0 Å². The van der Waals surface area contributed by atoms with Crippen LogP contribution in [0.25, 0.3) is 0 Å². The molecule has 0 saturated carbocycles. The minimum atomic E-state index is 0.0423. The molecule has 0 amide bonds. The SMILES string of the molecule is CCOc1ccc(C2CNc3cc(CC)ccc3O2)cc1. The van der Waals surface area contributed by atoms with Gasteiger partial charge in [0.25, 0.3) is 0 Å². The van der Waals surface area contributed by atoms with Crippen LogP contribution in [-0.2, 0) is 6.42 Å². The second kappa shape index (κ2) is 6.08. The third-order valence-electron chi connectivity index (χ3n) is 3.76. The largest absolute Gasteiger partial charge is 0.494 e. The summed E-state index contributed by atoms with van der Waals surface area (Å²) in [6, 6.07) is 14.5. The van der Waals surface area contributed by atoms with Crippen molar-refractivity contribution >= 4 is 5.69 Å². The first-order chi connectivity index (χ1) is 10.3. The number of aryl methyl sites for hydroxylation is 1. The molecule has 1 aliphatic rings. The quantitative estimate of drug-likeness (QED) is 0.912. The standard InChI is InChI=1S/C18H21NO2/c1-3-13-5-10-17-16(11-13)19-12-18(21-17)14-6-8-15(9-7-14)20-4-2/h5-11,18-19H,3-4,12H2,1-2H3. The Morgan fingerprint density at radius 2 is 1.95 bits per heavy atom. The lowest BCUT2D eigenvalue weighted by molar-refractivity contribution is 0.210. The van der Waals surface area contributed by atoms with E-state index >= 15 is 0 Å². The lowest BCUT2D eigenvalue weighted by atomic mass is 10.1. The highest BCUT2D eigenvalue weighted by Crippen LogP contribution is 2.35. The summed E-state index contributed by atoms with van der Waals surface area (Å²) in [7, 11) is 0. The monoisotopic (exact) mass is 283 g/mol. The van der Waals surface area contributed by atoms with Crippen molar-refractivity contribution in [2.75, 3.05) is 18.5 Å². The van der Waals surface area contributed by atoms with Gasteiger partial charge in [-0.25, -0.2) is 0 Å². The normalized spacial score (nSPS) is 16.6. The number of rotatable bonds is 4. The summed E-state index contributed by atoms with van der Waals surface area (Å²) in [6.07, 6.45) is 1.08. The van der Waals surface area contributed by atoms with Crippen LogP contribution in [0.5, 0.6) is 11.5 Å². The Labute approximate surface area is 125 Å². The lowest BCUT2D eigenvalue weighted by Crippen LogP contribution is -2.23. The molecule has 3 heteroatoms. The first-order valence-corrected chi connectivity index (χ1v) is 7.56. The molecule has 2 aromatic rings. The Hall–Kier alpha value is -2.16. The molecule has 0 spiro atoms. The fraction of sp³-hybridized carbons (Fsp3) is 0.333. The van der Waals surface area contributed by atoms with Gasteiger partial charge in [0.05, 0.1) is 18.8 Å². The number of benzene rings is 2. The predicted molar refractivity (Wildman–Crippen MR) is 85.3 cm³/mol. The molecular formula is C18H21NO2. The van der Waals surface area contributed by atoms with E-state index in [-0.39, 0.29) is 6.10 Å². The van der Waals surface area contributed by atoms with E-state index in [0.717, 1.165) is 35.7 Å². The van der Waals surface area contributed by atoms with Gasteiger partial charge in [-0.05, 0) is 48.7 Å². The van der Waals surface area contributed by atoms with E-state index in [1.165, 1.54) is 5.56 Å². The molecule has 0 radical (unpaired) electrons. The van der Waals surface area contributed by atoms with Crippen LogP contribution in [-0.4, -0.2) is 13.2 Å². The van der Waals surface area contributed by atoms with E-state index in [0.29, 0.717) is 6.61 Å². The van der Waals surface area contributed by atoms with Crippen molar-refractivity contribution in [3.8, 4) is 11.5 Å². The smallest absolute Gasteiger partial charge is 0.143 e. The highest BCUT2D eigenvalue weighted by atomic mass is 16.5. The second-order valence-corrected chi connectivity index (χ2v) is 5.17. The first-order valence-electron chi connectivity index (χ1n) is 7.56. The van der Waals surface area contributed by atoms with Crippen molar-refractivity contribution in [3.05, 3.63) is 53.6 Å². The molecule has 110 valence electrons. The fourth-order valence-electron chi connectivity index (χ4n) is 2.57. The third kappa shape index (κ3) is 2.97. The molecule has 0 aromatic heterocycles. The molecule has 0 aliphatic carbocycles. The minimum Gasteiger partial charge on any atom is -0.494 e. The zero-order chi connectivity index (χ0) is 14.7. The second-order valence-electron chi connectivity index (χ2n) is 5.17. The summed E-state index contributed by atoms with van der Waals surface area (Å²) in [5.74, 6) is 1.83. The van der Waals surface area contributed by atoms with Gasteiger partial charge in [0, 0.05) is 0 Å². The van der Waals surface area contributed by atoms with Gasteiger partial charge in [0.1, 0.15) is 17.6 Å². The van der Waals surface area contributed by atoms with E-state index in [2.05, 4.69) is 42.6 Å². The van der Waals surface area contributed by atoms with Crippen molar-refractivity contribution in [3.63, 3.8) is 0 Å². The van der Waals surface area contributed by atoms with Gasteiger partial charge in [0.15, 0.2) is 0 Å². The summed E-state index contributed by atoms with van der Waals surface area (Å²) < 4.78 is 11.6. The Bertz CT molecular complexity index is 607. The zero-order valence-electron chi connectivity index (χ0n) is 12.6. The van der Waals surface area contributed by atoms with Gasteiger partial charge in [-0.2, -0.15) is 0 Å². The number of hydrogen-bond donors (Lipinski definition) is 1. The maximum absolute atomic E-state index is 6.11. The van der Waals surface area contributed by atoms with Crippen molar-refractivity contribution < 1.29 is 9.47 Å². The zero-order valence-corrected chi connectivity index (χ0v) is 12.6. The molecule has 1 heterocycles. The number of anilines is 1. The molecule has 21 heavy (non-hydrogen) atoms. The van der Waals surface area contributed by atoms with Crippen LogP contribution >= 0.6 is 0 Å². The summed E-state index contributed by atoms with van der Waals surface area (Å²) in [6.45, 7) is 5.62. The van der Waals surface area contributed by atoms with E-state index in [9.17, 15) is 0 Å². The third-order valence-corrected chi connectivity index (χ3v) is 3.76. The highest BCUT2D eigenvalue weighted by molar-refractivity contribution is 5.60. The number of hydrogen-bond acceptors (Lipinski definition) is 3. The van der Waals surface area contributed by atoms with E-state index in [1.807, 2.05) is 19.1 Å². The maximum atomic E-state index is 6.11. The number of ether oxygens (including phenoxy) is 2. The Morgan fingerprint density at radius 3 is 2.67 bits per heavy atom. The van der Waals surface area contributed by atoms with Gasteiger partial charge in [-0.3, -0.25) is 0 Å². The average Bonchev–Trinajstić information content (AvgIpc) is 2.55. The van der Waals surface area contributed by atoms with Crippen molar-refractivity contribution in [2.24, 2.45) is 0 Å². The Kier molecular flexibility index (Phi) is 4.00. The van der Waals surface area contributed by atoms with Gasteiger partial charge in [0.2, 0.25) is 0 Å². The molecular weight excluding hydrogens is 262 g/mol. The topological polar surface area (TPSA) is 30.5 Å². The van der Waals surface area contributed by atoms with E-state index in [1.54, 1.807) is 0 Å². The predicted octanol–water partition coefficient (Wildman–Crippen LogP) is 4.19. The van der Waals surface area contributed by atoms with Crippen molar-refractivity contribution in [1.29, 1.82) is 0 Å². The number of nitrogens with one attached hydrogen (secondary N) is 1. The number of fused-ring (bicyclic) bond motifs is 1. The molecule has 2 aromatic carbocycles. The average molecular weight is 283 g/mol. The van der Waals surface area contributed by atoms with Gasteiger partial charge < -0.3 is 14.8 Å². The van der Waals surface area contributed by atoms with E-state index in [4.69, 9.17) is 9.47 Å². The summed E-state index contributed by atoms with van der Waals surface area (Å²) in [5.41, 5.74) is 3.58. The molecule has 0 bridgehead atoms. The first kappa shape index (κ1) is 13.8. The van der Waals surface area contributed by atoms with E-state index < -0.39 is 0 Å². The highest BCUT2D eigenvalue weighted by Gasteiger charge is 2.20. The fourth-order valence-corrected chi connectivity index (χ4v) is 2.57. The molecule has 1 atom stereocenters. The van der Waals surface area contributed by atoms with Gasteiger partial charge in [-0.15, -0.1) is 0 Å². The molecule has 1 aliphatic heterocycles. The van der Waals surface area contributed by atoms with Crippen molar-refractivity contribution in [2.45, 2.75) is 26.4 Å². The molecule has 3 nitrogen and oxygen atoms in total. The maximum Gasteiger partial charge on any atom is 0.143 e. The van der Waals surface area contributed by atoms with Crippen LogP contribution in [0.1, 0.15) is 31.1 Å². The Morgan fingerprint density at radius 1 is 1.14 bits per heavy atom. The summed E-state index contributed by atoms with van der Waals surface area (Å²) in [5, 5.41) is 3.47. The van der Waals surface area contributed by atoms with Crippen LogP contribution in [0.4, 0.5) is 5.69 Å². The lowest BCUT2D eigenvalue weighted by Gasteiger charge is -2.28. The van der Waals surface area contributed by atoms with Gasteiger partial charge >= 0.3 is 0 Å². The molecule has 1 unspecified atom stereocenters. The van der Waals surface area contributed by atoms with Crippen molar-refractivity contribution in [1.82, 2.24) is 0 Å². The van der Waals surface area contributed by atoms with Gasteiger partial charge in [-0.1, -0.05) is 25.1 Å². The summed E-state index contributed by atoms with van der Waals surface area (Å²) in [4.78, 5) is 0. The molecule has 1 N–H and O–H groups in total. The Balaban J connectivity index is 1.76.